The zero-order chi connectivity index (χ0) is 31.3. The van der Waals surface area contributed by atoms with E-state index in [1.807, 2.05) is 32.9 Å². The van der Waals surface area contributed by atoms with E-state index in [2.05, 4.69) is 44.4 Å². The standard InChI is InChI=1S/C32H42N6O4S/c1-8-30(39)34-26-18-27(28(42-20(2)3)17-24(26)23-13-15-38(7)16-14-23)36-32-33-19-22(6)31(37-32)35-25-11-9-10-12-29(25)43(40,41)21(4)5/h8-12,17-21,23H,1,13-16H2,2-7H3,(H,34,39)(H2,33,35,36,37). The van der Waals surface area contributed by atoms with Crippen LogP contribution in [-0.2, 0) is 14.6 Å². The number of sulfone groups is 1. The summed E-state index contributed by atoms with van der Waals surface area (Å²) < 4.78 is 32.3. The molecule has 0 unspecified atom stereocenters. The number of nitrogens with zero attached hydrogens (tertiary/aromatic N) is 3. The second-order valence-corrected chi connectivity index (χ2v) is 13.9. The van der Waals surface area contributed by atoms with Gasteiger partial charge in [-0.25, -0.2) is 13.4 Å². The molecule has 2 heterocycles. The Bertz CT molecular complexity index is 1580. The van der Waals surface area contributed by atoms with E-state index < -0.39 is 15.1 Å². The van der Waals surface area contributed by atoms with Gasteiger partial charge in [0.15, 0.2) is 9.84 Å². The van der Waals surface area contributed by atoms with Crippen molar-refractivity contribution >= 4 is 44.6 Å². The lowest BCUT2D eigenvalue weighted by molar-refractivity contribution is -0.111. The van der Waals surface area contributed by atoms with Crippen LogP contribution in [0.1, 0.15) is 57.6 Å². The molecule has 0 aliphatic carbocycles. The number of carbonyl (C=O) groups is 1. The molecule has 1 saturated heterocycles. The molecule has 2 aromatic carbocycles. The fourth-order valence-corrected chi connectivity index (χ4v) is 6.14. The number of nitrogens with one attached hydrogen (secondary N) is 3. The van der Waals surface area contributed by atoms with Crippen LogP contribution in [-0.4, -0.2) is 60.7 Å². The maximum absolute atomic E-state index is 13.0. The summed E-state index contributed by atoms with van der Waals surface area (Å²) in [6.07, 6.45) is 4.74. The van der Waals surface area contributed by atoms with Crippen molar-refractivity contribution in [2.45, 2.75) is 69.6 Å². The third-order valence-corrected chi connectivity index (χ3v) is 9.61. The molecule has 3 aromatic rings. The zero-order valence-electron chi connectivity index (χ0n) is 25.8. The number of rotatable bonds is 11. The van der Waals surface area contributed by atoms with E-state index >= 15 is 0 Å². The first kappa shape index (κ1) is 32.0. The molecule has 11 heteroatoms. The summed E-state index contributed by atoms with van der Waals surface area (Å²) in [6, 6.07) is 10.6. The van der Waals surface area contributed by atoms with Crippen LogP contribution in [0.3, 0.4) is 0 Å². The fraction of sp³-hybridized carbons (Fsp3) is 0.406. The van der Waals surface area contributed by atoms with Gasteiger partial charge in [0.2, 0.25) is 11.9 Å². The van der Waals surface area contributed by atoms with Crippen molar-refractivity contribution in [2.24, 2.45) is 0 Å². The maximum Gasteiger partial charge on any atom is 0.247 e. The van der Waals surface area contributed by atoms with Crippen LogP contribution in [0.5, 0.6) is 5.75 Å². The summed E-state index contributed by atoms with van der Waals surface area (Å²) in [5.74, 6) is 1.31. The van der Waals surface area contributed by atoms with Gasteiger partial charge < -0.3 is 25.6 Å². The largest absolute Gasteiger partial charge is 0.489 e. The summed E-state index contributed by atoms with van der Waals surface area (Å²) in [4.78, 5) is 24.1. The molecule has 1 aliphatic rings. The Morgan fingerprint density at radius 1 is 1.07 bits per heavy atom. The third-order valence-electron chi connectivity index (χ3n) is 7.40. The maximum atomic E-state index is 13.0. The minimum Gasteiger partial charge on any atom is -0.489 e. The Morgan fingerprint density at radius 2 is 1.77 bits per heavy atom. The summed E-state index contributed by atoms with van der Waals surface area (Å²) >= 11 is 0. The molecule has 1 aromatic heterocycles. The molecule has 4 rings (SSSR count). The predicted octanol–water partition coefficient (Wildman–Crippen LogP) is 6.18. The van der Waals surface area contributed by atoms with Gasteiger partial charge >= 0.3 is 0 Å². The van der Waals surface area contributed by atoms with E-state index in [0.717, 1.165) is 37.1 Å². The lowest BCUT2D eigenvalue weighted by atomic mass is 9.88. The average molecular weight is 607 g/mol. The minimum absolute atomic E-state index is 0.102. The minimum atomic E-state index is -3.53. The highest BCUT2D eigenvalue weighted by molar-refractivity contribution is 7.92. The number of likely N-dealkylation sites (tertiary alicyclic amines) is 1. The van der Waals surface area contributed by atoms with Crippen molar-refractivity contribution in [2.75, 3.05) is 36.1 Å². The number of carbonyl (C=O) groups excluding carboxylic acids is 1. The fourth-order valence-electron chi connectivity index (χ4n) is 4.94. The van der Waals surface area contributed by atoms with Crippen molar-refractivity contribution in [3.8, 4) is 5.75 Å². The Kier molecular flexibility index (Phi) is 10.1. The van der Waals surface area contributed by atoms with Gasteiger partial charge in [-0.2, -0.15) is 4.98 Å². The van der Waals surface area contributed by atoms with E-state index in [1.165, 1.54) is 6.08 Å². The van der Waals surface area contributed by atoms with Crippen LogP contribution in [0.4, 0.5) is 28.8 Å². The van der Waals surface area contributed by atoms with Crippen LogP contribution in [0.15, 0.2) is 60.1 Å². The molecule has 0 atom stereocenters. The van der Waals surface area contributed by atoms with Crippen LogP contribution in [0, 0.1) is 6.92 Å². The summed E-state index contributed by atoms with van der Waals surface area (Å²) in [6.45, 7) is 14.6. The smallest absolute Gasteiger partial charge is 0.247 e. The molecule has 0 radical (unpaired) electrons. The van der Waals surface area contributed by atoms with Crippen molar-refractivity contribution < 1.29 is 17.9 Å². The Labute approximate surface area is 254 Å². The zero-order valence-corrected chi connectivity index (χ0v) is 26.6. The van der Waals surface area contributed by atoms with E-state index in [0.29, 0.717) is 28.6 Å². The molecule has 1 aliphatic heterocycles. The molecule has 230 valence electrons. The highest BCUT2D eigenvalue weighted by Crippen LogP contribution is 2.41. The number of piperidine rings is 1. The van der Waals surface area contributed by atoms with Gasteiger partial charge in [-0.05, 0) is 109 Å². The quantitative estimate of drug-likeness (QED) is 0.220. The van der Waals surface area contributed by atoms with Crippen molar-refractivity contribution in [1.82, 2.24) is 14.9 Å². The van der Waals surface area contributed by atoms with E-state index in [9.17, 15) is 13.2 Å². The molecule has 0 spiro atoms. The second kappa shape index (κ2) is 13.6. The first-order valence-electron chi connectivity index (χ1n) is 14.6. The third kappa shape index (κ3) is 7.71. The van der Waals surface area contributed by atoms with E-state index in [1.54, 1.807) is 44.3 Å². The number of para-hydroxylation sites is 1. The van der Waals surface area contributed by atoms with Crippen molar-refractivity contribution in [3.63, 3.8) is 0 Å². The summed E-state index contributed by atoms with van der Waals surface area (Å²) in [7, 11) is -1.42. The van der Waals surface area contributed by atoms with Gasteiger partial charge in [0.1, 0.15) is 11.6 Å². The molecule has 3 N–H and O–H groups in total. The highest BCUT2D eigenvalue weighted by Gasteiger charge is 2.25. The van der Waals surface area contributed by atoms with Crippen molar-refractivity contribution in [1.29, 1.82) is 0 Å². The molecular formula is C32H42N6O4S. The van der Waals surface area contributed by atoms with Crippen LogP contribution >= 0.6 is 0 Å². The topological polar surface area (TPSA) is 126 Å². The number of amides is 1. The van der Waals surface area contributed by atoms with Gasteiger partial charge in [-0.1, -0.05) is 18.7 Å². The normalized spacial score (nSPS) is 14.5. The average Bonchev–Trinajstić information content (AvgIpc) is 2.96. The van der Waals surface area contributed by atoms with Crippen LogP contribution in [0.25, 0.3) is 0 Å². The summed E-state index contributed by atoms with van der Waals surface area (Å²) in [5.41, 5.74) is 3.44. The Morgan fingerprint density at radius 3 is 2.42 bits per heavy atom. The molecular weight excluding hydrogens is 564 g/mol. The van der Waals surface area contributed by atoms with Gasteiger partial charge in [0, 0.05) is 17.4 Å². The lowest BCUT2D eigenvalue weighted by Gasteiger charge is -2.31. The molecule has 10 nitrogen and oxygen atoms in total. The van der Waals surface area contributed by atoms with Gasteiger partial charge in [0.05, 0.1) is 27.6 Å². The van der Waals surface area contributed by atoms with Crippen molar-refractivity contribution in [3.05, 3.63) is 66.4 Å². The first-order chi connectivity index (χ1) is 20.4. The number of aromatic nitrogens is 2. The number of aryl methyl sites for hydroxylation is 1. The number of hydrogen-bond acceptors (Lipinski definition) is 9. The first-order valence-corrected chi connectivity index (χ1v) is 16.1. The van der Waals surface area contributed by atoms with E-state index in [4.69, 9.17) is 4.74 Å². The lowest BCUT2D eigenvalue weighted by Crippen LogP contribution is -2.29. The number of anilines is 5. The Hall–Kier alpha value is -3.96. The van der Waals surface area contributed by atoms with Crippen LogP contribution < -0.4 is 20.7 Å². The van der Waals surface area contributed by atoms with Gasteiger partial charge in [0.25, 0.3) is 0 Å². The Balaban J connectivity index is 1.73. The SMILES string of the molecule is C=CC(=O)Nc1cc(Nc2ncc(C)c(Nc3ccccc3S(=O)(=O)C(C)C)n2)c(OC(C)C)cc1C1CCN(C)CC1. The second-order valence-electron chi connectivity index (χ2n) is 11.4. The van der Waals surface area contributed by atoms with E-state index in [-0.39, 0.29) is 28.8 Å². The summed E-state index contributed by atoms with van der Waals surface area (Å²) in [5, 5.41) is 8.88. The molecule has 1 fully saturated rings. The predicted molar refractivity (Wildman–Crippen MR) is 173 cm³/mol. The van der Waals surface area contributed by atoms with Gasteiger partial charge in [-0.15, -0.1) is 0 Å². The highest BCUT2D eigenvalue weighted by atomic mass is 32.2. The molecule has 0 bridgehead atoms. The number of ether oxygens (including phenoxy) is 1. The molecule has 43 heavy (non-hydrogen) atoms. The molecule has 1 amide bonds. The van der Waals surface area contributed by atoms with Crippen LogP contribution in [0.2, 0.25) is 0 Å². The molecule has 0 saturated carbocycles. The monoisotopic (exact) mass is 606 g/mol. The number of benzene rings is 2. The van der Waals surface area contributed by atoms with Gasteiger partial charge in [-0.3, -0.25) is 4.79 Å². The number of hydrogen-bond donors (Lipinski definition) is 3.